The van der Waals surface area contributed by atoms with Crippen LogP contribution in [0.4, 0.5) is 0 Å². The molecule has 1 N–H and O–H groups in total. The van der Waals surface area contributed by atoms with E-state index in [9.17, 15) is 4.79 Å². The highest BCUT2D eigenvalue weighted by atomic mass is 16.1. The summed E-state index contributed by atoms with van der Waals surface area (Å²) >= 11 is 0. The van der Waals surface area contributed by atoms with E-state index in [2.05, 4.69) is 20.1 Å². The number of hydrogen-bond acceptors (Lipinski definition) is 4. The van der Waals surface area contributed by atoms with Gasteiger partial charge in [-0.05, 0) is 12.1 Å². The van der Waals surface area contributed by atoms with Crippen molar-refractivity contribution in [2.75, 3.05) is 0 Å². The molecule has 0 spiro atoms. The summed E-state index contributed by atoms with van der Waals surface area (Å²) in [5, 5.41) is 4.22. The molecule has 0 aromatic carbocycles. The number of pyridine rings is 1. The molecule has 4 heterocycles. The average molecular weight is 252 g/mol. The molecule has 19 heavy (non-hydrogen) atoms. The first-order valence-electron chi connectivity index (χ1n) is 5.68. The van der Waals surface area contributed by atoms with Crippen molar-refractivity contribution in [3.63, 3.8) is 0 Å². The Labute approximate surface area is 106 Å². The minimum Gasteiger partial charge on any atom is -0.290 e. The van der Waals surface area contributed by atoms with Gasteiger partial charge in [-0.15, -0.1) is 0 Å². The summed E-state index contributed by atoms with van der Waals surface area (Å²) in [7, 11) is 0. The number of H-pyrrole nitrogens is 1. The number of rotatable bonds is 1. The second-order valence-electron chi connectivity index (χ2n) is 4.08. The van der Waals surface area contributed by atoms with E-state index in [0.29, 0.717) is 16.9 Å². The van der Waals surface area contributed by atoms with Crippen molar-refractivity contribution in [3.8, 4) is 5.69 Å². The number of nitrogens with one attached hydrogen (secondary N) is 1. The Hall–Kier alpha value is -2.96. The molecule has 0 aliphatic heterocycles. The predicted molar refractivity (Wildman–Crippen MR) is 68.2 cm³/mol. The van der Waals surface area contributed by atoms with Gasteiger partial charge < -0.3 is 0 Å². The van der Waals surface area contributed by atoms with Gasteiger partial charge in [0.2, 0.25) is 0 Å². The standard InChI is InChI=1S/C12H8N6O/c19-12-16-11-10(5-13-7-14-11)18(12)9-6-15-17-4-2-1-3-8(9)17/h1-7H,(H,13,14,16,19). The monoisotopic (exact) mass is 252 g/mol. The summed E-state index contributed by atoms with van der Waals surface area (Å²) in [6.07, 6.45) is 6.48. The third-order valence-corrected chi connectivity index (χ3v) is 3.01. The number of aromatic amines is 1. The van der Waals surface area contributed by atoms with Crippen molar-refractivity contribution < 1.29 is 0 Å². The molecule has 0 atom stereocenters. The summed E-state index contributed by atoms with van der Waals surface area (Å²) in [5.41, 5.74) is 2.43. The second-order valence-corrected chi connectivity index (χ2v) is 4.08. The quantitative estimate of drug-likeness (QED) is 0.542. The van der Waals surface area contributed by atoms with Crippen LogP contribution in [0.3, 0.4) is 0 Å². The Morgan fingerprint density at radius 1 is 1.16 bits per heavy atom. The lowest BCUT2D eigenvalue weighted by molar-refractivity contribution is 0.961. The SMILES string of the molecule is O=c1[nH]c2ncncc2n1-c1cnn2ccccc12. The van der Waals surface area contributed by atoms with E-state index >= 15 is 0 Å². The molecule has 0 saturated heterocycles. The van der Waals surface area contributed by atoms with Crippen molar-refractivity contribution in [2.45, 2.75) is 0 Å². The predicted octanol–water partition coefficient (Wildman–Crippen LogP) is 0.756. The molecule has 92 valence electrons. The summed E-state index contributed by atoms with van der Waals surface area (Å²) in [6, 6.07) is 5.68. The van der Waals surface area contributed by atoms with Gasteiger partial charge in [0, 0.05) is 6.20 Å². The number of fused-ring (bicyclic) bond motifs is 2. The van der Waals surface area contributed by atoms with Crippen molar-refractivity contribution in [3.05, 3.63) is 53.6 Å². The van der Waals surface area contributed by atoms with Crippen molar-refractivity contribution in [1.29, 1.82) is 0 Å². The highest BCUT2D eigenvalue weighted by molar-refractivity contribution is 5.75. The zero-order chi connectivity index (χ0) is 12.8. The van der Waals surface area contributed by atoms with Crippen molar-refractivity contribution in [1.82, 2.24) is 29.1 Å². The van der Waals surface area contributed by atoms with Crippen molar-refractivity contribution in [2.24, 2.45) is 0 Å². The lowest BCUT2D eigenvalue weighted by Gasteiger charge is -1.99. The number of aromatic nitrogens is 6. The smallest absolute Gasteiger partial charge is 0.290 e. The topological polar surface area (TPSA) is 80.9 Å². The highest BCUT2D eigenvalue weighted by Gasteiger charge is 2.13. The van der Waals surface area contributed by atoms with Gasteiger partial charge in [-0.2, -0.15) is 5.10 Å². The molecule has 0 radical (unpaired) electrons. The molecule has 7 heteroatoms. The summed E-state index contributed by atoms with van der Waals surface area (Å²) in [6.45, 7) is 0. The molecule has 0 aliphatic carbocycles. The maximum Gasteiger partial charge on any atom is 0.332 e. The lowest BCUT2D eigenvalue weighted by Crippen LogP contribution is -2.14. The van der Waals surface area contributed by atoms with Gasteiger partial charge in [-0.25, -0.2) is 19.3 Å². The summed E-state index contributed by atoms with van der Waals surface area (Å²) in [4.78, 5) is 22.8. The summed E-state index contributed by atoms with van der Waals surface area (Å²) < 4.78 is 3.24. The van der Waals surface area contributed by atoms with Crippen LogP contribution < -0.4 is 5.69 Å². The van der Waals surface area contributed by atoms with Gasteiger partial charge >= 0.3 is 5.69 Å². The van der Waals surface area contributed by atoms with Crippen LogP contribution in [-0.2, 0) is 0 Å². The Balaban J connectivity index is 2.15. The highest BCUT2D eigenvalue weighted by Crippen LogP contribution is 2.17. The van der Waals surface area contributed by atoms with Crippen LogP contribution in [0.2, 0.25) is 0 Å². The average Bonchev–Trinajstić information content (AvgIpc) is 2.98. The number of hydrogen-bond donors (Lipinski definition) is 1. The molecule has 0 saturated carbocycles. The first-order valence-corrected chi connectivity index (χ1v) is 5.68. The van der Waals surface area contributed by atoms with E-state index in [4.69, 9.17) is 0 Å². The number of nitrogens with zero attached hydrogens (tertiary/aromatic N) is 5. The molecule has 7 nitrogen and oxygen atoms in total. The molecule has 0 unspecified atom stereocenters. The van der Waals surface area contributed by atoms with Gasteiger partial charge in [0.15, 0.2) is 5.65 Å². The summed E-state index contributed by atoms with van der Waals surface area (Å²) in [5.74, 6) is 0. The van der Waals surface area contributed by atoms with Gasteiger partial charge in [-0.3, -0.25) is 9.55 Å². The normalized spacial score (nSPS) is 11.4. The van der Waals surface area contributed by atoms with E-state index in [1.54, 1.807) is 16.9 Å². The third kappa shape index (κ3) is 1.32. The van der Waals surface area contributed by atoms with Crippen LogP contribution in [0, 0.1) is 0 Å². The zero-order valence-corrected chi connectivity index (χ0v) is 9.69. The van der Waals surface area contributed by atoms with Gasteiger partial charge in [0.05, 0.1) is 23.6 Å². The van der Waals surface area contributed by atoms with E-state index in [0.717, 1.165) is 5.52 Å². The molecule has 0 aliphatic rings. The second kappa shape index (κ2) is 3.52. The molecule has 0 amide bonds. The van der Waals surface area contributed by atoms with E-state index < -0.39 is 0 Å². The van der Waals surface area contributed by atoms with Crippen LogP contribution in [-0.4, -0.2) is 29.1 Å². The van der Waals surface area contributed by atoms with Gasteiger partial charge in [0.1, 0.15) is 11.8 Å². The van der Waals surface area contributed by atoms with Crippen LogP contribution in [0.15, 0.2) is 47.9 Å². The Morgan fingerprint density at radius 2 is 2.11 bits per heavy atom. The fourth-order valence-corrected chi connectivity index (χ4v) is 2.18. The minimum absolute atomic E-state index is 0.255. The van der Waals surface area contributed by atoms with Crippen molar-refractivity contribution >= 4 is 16.7 Å². The Bertz CT molecular complexity index is 947. The van der Waals surface area contributed by atoms with E-state index in [1.165, 1.54) is 10.9 Å². The maximum absolute atomic E-state index is 12.1. The van der Waals surface area contributed by atoms with Crippen LogP contribution in [0.25, 0.3) is 22.4 Å². The van der Waals surface area contributed by atoms with Crippen LogP contribution in [0.5, 0.6) is 0 Å². The van der Waals surface area contributed by atoms with Gasteiger partial charge in [0.25, 0.3) is 0 Å². The lowest BCUT2D eigenvalue weighted by atomic mass is 10.3. The third-order valence-electron chi connectivity index (χ3n) is 3.01. The molecular weight excluding hydrogens is 244 g/mol. The molecule has 4 rings (SSSR count). The first kappa shape index (κ1) is 10.0. The van der Waals surface area contributed by atoms with E-state index in [1.807, 2.05) is 24.4 Å². The largest absolute Gasteiger partial charge is 0.332 e. The Morgan fingerprint density at radius 3 is 3.05 bits per heavy atom. The zero-order valence-electron chi connectivity index (χ0n) is 9.69. The fourth-order valence-electron chi connectivity index (χ4n) is 2.18. The Kier molecular flexibility index (Phi) is 1.85. The fraction of sp³-hybridized carbons (Fsp3) is 0. The van der Waals surface area contributed by atoms with Crippen LogP contribution >= 0.6 is 0 Å². The molecule has 0 fully saturated rings. The maximum atomic E-state index is 12.1. The van der Waals surface area contributed by atoms with Crippen LogP contribution in [0.1, 0.15) is 0 Å². The molecule has 4 aromatic rings. The first-order chi connectivity index (χ1) is 9.34. The van der Waals surface area contributed by atoms with E-state index in [-0.39, 0.29) is 5.69 Å². The number of imidazole rings is 1. The van der Waals surface area contributed by atoms with Gasteiger partial charge in [-0.1, -0.05) is 6.07 Å². The molecule has 0 bridgehead atoms. The molecule has 4 aromatic heterocycles. The minimum atomic E-state index is -0.255. The molecular formula is C12H8N6O.